The maximum Gasteiger partial charge on any atom is 0.308 e. The summed E-state index contributed by atoms with van der Waals surface area (Å²) in [4.78, 5) is 41.3. The summed E-state index contributed by atoms with van der Waals surface area (Å²) in [5, 5.41) is 4.13. The molecule has 3 aliphatic carbocycles. The number of ether oxygens (including phenoxy) is 3. The molecule has 2 aromatic rings. The van der Waals surface area contributed by atoms with Gasteiger partial charge in [-0.1, -0.05) is 35.3 Å². The van der Waals surface area contributed by atoms with Gasteiger partial charge in [0.2, 0.25) is 5.91 Å². The van der Waals surface area contributed by atoms with Crippen molar-refractivity contribution in [3.05, 3.63) is 57.1 Å². The van der Waals surface area contributed by atoms with Gasteiger partial charge in [-0.15, -0.1) is 0 Å². The van der Waals surface area contributed by atoms with Crippen molar-refractivity contribution in [2.45, 2.75) is 94.4 Å². The van der Waals surface area contributed by atoms with E-state index in [-0.39, 0.29) is 24.0 Å². The molecule has 2 heterocycles. The molecule has 8 nitrogen and oxygen atoms in total. The van der Waals surface area contributed by atoms with Crippen LogP contribution in [0.2, 0.25) is 10.0 Å². The second kappa shape index (κ2) is 10.4. The Morgan fingerprint density at radius 1 is 1.07 bits per heavy atom. The van der Waals surface area contributed by atoms with Crippen LogP contribution in [-0.4, -0.2) is 59.6 Å². The Morgan fingerprint density at radius 3 is 2.56 bits per heavy atom. The zero-order valence-corrected chi connectivity index (χ0v) is 26.1. The van der Waals surface area contributed by atoms with E-state index in [1.807, 2.05) is 25.1 Å². The number of carbonyl (C=O) groups is 3. The number of rotatable bonds is 7. The number of amides is 1. The van der Waals surface area contributed by atoms with Crippen LogP contribution in [0, 0.1) is 5.92 Å². The zero-order chi connectivity index (χ0) is 30.3. The van der Waals surface area contributed by atoms with Crippen molar-refractivity contribution in [2.24, 2.45) is 5.92 Å². The van der Waals surface area contributed by atoms with Gasteiger partial charge in [-0.2, -0.15) is 0 Å². The number of halogens is 2. The van der Waals surface area contributed by atoms with E-state index in [0.29, 0.717) is 53.1 Å². The fourth-order valence-corrected chi connectivity index (χ4v) is 8.84. The normalized spacial score (nSPS) is 31.0. The van der Waals surface area contributed by atoms with Gasteiger partial charge in [0.05, 0.1) is 33.5 Å². The minimum Gasteiger partial charge on any atom is -0.483 e. The van der Waals surface area contributed by atoms with Crippen LogP contribution >= 0.6 is 23.2 Å². The summed E-state index contributed by atoms with van der Waals surface area (Å²) >= 11 is 12.4. The zero-order valence-electron chi connectivity index (χ0n) is 24.6. The molecule has 0 radical (unpaired) electrons. The lowest BCUT2D eigenvalue weighted by molar-refractivity contribution is -0.219. The summed E-state index contributed by atoms with van der Waals surface area (Å²) in [6, 6.07) is 8.70. The number of hydrogen-bond donors (Lipinski definition) is 1. The fraction of sp³-hybridized carbons (Fsp3) is 0.545. The minimum absolute atomic E-state index is 0.0124. The van der Waals surface area contributed by atoms with Crippen LogP contribution in [0.5, 0.6) is 11.5 Å². The topological polar surface area (TPSA) is 94.2 Å². The van der Waals surface area contributed by atoms with Gasteiger partial charge >= 0.3 is 11.9 Å². The third-order valence-corrected chi connectivity index (χ3v) is 11.2. The largest absolute Gasteiger partial charge is 0.483 e. The van der Waals surface area contributed by atoms with Crippen molar-refractivity contribution in [3.8, 4) is 11.5 Å². The van der Waals surface area contributed by atoms with E-state index in [2.05, 4.69) is 10.2 Å². The van der Waals surface area contributed by atoms with E-state index in [1.165, 1.54) is 26.7 Å². The van der Waals surface area contributed by atoms with Crippen molar-refractivity contribution in [2.75, 3.05) is 13.1 Å². The molecule has 10 heteroatoms. The second-order valence-electron chi connectivity index (χ2n) is 13.0. The highest BCUT2D eigenvalue weighted by Gasteiger charge is 2.75. The van der Waals surface area contributed by atoms with Gasteiger partial charge in [0.15, 0.2) is 11.5 Å². The molecule has 5 aliphatic rings. The predicted molar refractivity (Wildman–Crippen MR) is 161 cm³/mol. The summed E-state index contributed by atoms with van der Waals surface area (Å²) < 4.78 is 19.0. The SMILES string of the molecule is CC(=O)Oc1ccc2c3c1OC1C(NC(=O)C(C)c4ccc(Cl)c(Cl)c4)CC[C@@]4(OC(C)=O)[C@@H](C2)N(CC2CC2)CC[C@]314. The molecule has 1 spiro atoms. The smallest absolute Gasteiger partial charge is 0.308 e. The molecule has 2 saturated carbocycles. The number of piperidine rings is 1. The van der Waals surface area contributed by atoms with Crippen molar-refractivity contribution >= 4 is 41.0 Å². The van der Waals surface area contributed by atoms with E-state index in [0.717, 1.165) is 29.8 Å². The summed E-state index contributed by atoms with van der Waals surface area (Å²) in [7, 11) is 0. The van der Waals surface area contributed by atoms with Gasteiger partial charge < -0.3 is 19.5 Å². The second-order valence-corrected chi connectivity index (χ2v) is 13.8. The van der Waals surface area contributed by atoms with Crippen molar-refractivity contribution in [3.63, 3.8) is 0 Å². The number of benzene rings is 2. The number of nitrogens with zero attached hydrogens (tertiary/aromatic N) is 1. The predicted octanol–water partition coefficient (Wildman–Crippen LogP) is 5.34. The van der Waals surface area contributed by atoms with E-state index in [1.54, 1.807) is 12.1 Å². The maximum atomic E-state index is 13.7. The molecule has 2 aromatic carbocycles. The molecular weight excluding hydrogens is 591 g/mol. The van der Waals surface area contributed by atoms with Gasteiger partial charge in [0.1, 0.15) is 11.7 Å². The van der Waals surface area contributed by atoms with Crippen LogP contribution in [0.3, 0.4) is 0 Å². The number of hydrogen-bond acceptors (Lipinski definition) is 7. The Bertz CT molecular complexity index is 1530. The highest BCUT2D eigenvalue weighted by atomic mass is 35.5. The molecule has 228 valence electrons. The maximum absolute atomic E-state index is 13.7. The first-order valence-corrected chi connectivity index (χ1v) is 16.0. The lowest BCUT2D eigenvalue weighted by Crippen LogP contribution is -2.79. The summed E-state index contributed by atoms with van der Waals surface area (Å²) in [6.45, 7) is 6.52. The quantitative estimate of drug-likeness (QED) is 0.327. The van der Waals surface area contributed by atoms with Crippen molar-refractivity contribution < 1.29 is 28.6 Å². The average Bonchev–Trinajstić information content (AvgIpc) is 3.70. The average molecular weight is 628 g/mol. The van der Waals surface area contributed by atoms with Crippen molar-refractivity contribution in [1.29, 1.82) is 0 Å². The number of carbonyl (C=O) groups excluding carboxylic acids is 3. The Morgan fingerprint density at radius 2 is 1.86 bits per heavy atom. The summed E-state index contributed by atoms with van der Waals surface area (Å²) in [5.41, 5.74) is 1.32. The summed E-state index contributed by atoms with van der Waals surface area (Å²) in [5.74, 6) is 0.177. The third-order valence-electron chi connectivity index (χ3n) is 10.5. The Hall–Kier alpha value is -2.81. The van der Waals surface area contributed by atoms with E-state index < -0.39 is 29.0 Å². The lowest BCUT2D eigenvalue weighted by Gasteiger charge is -2.65. The number of nitrogens with one attached hydrogen (secondary N) is 1. The van der Waals surface area contributed by atoms with E-state index in [9.17, 15) is 14.4 Å². The van der Waals surface area contributed by atoms with Crippen LogP contribution in [0.15, 0.2) is 30.3 Å². The third kappa shape index (κ3) is 4.46. The highest BCUT2D eigenvalue weighted by molar-refractivity contribution is 6.42. The Kier molecular flexibility index (Phi) is 6.99. The van der Waals surface area contributed by atoms with Crippen LogP contribution in [0.1, 0.15) is 75.5 Å². The number of esters is 2. The van der Waals surface area contributed by atoms with Gasteiger partial charge in [-0.05, 0) is 87.2 Å². The molecule has 0 aromatic heterocycles. The molecule has 6 atom stereocenters. The molecule has 1 N–H and O–H groups in total. The van der Waals surface area contributed by atoms with Gasteiger partial charge in [0, 0.05) is 26.0 Å². The first-order chi connectivity index (χ1) is 20.5. The minimum atomic E-state index is -0.833. The monoisotopic (exact) mass is 626 g/mol. The van der Waals surface area contributed by atoms with Crippen LogP contribution in [0.4, 0.5) is 0 Å². The van der Waals surface area contributed by atoms with Crippen LogP contribution in [-0.2, 0) is 31.0 Å². The standard InChI is InChI=1S/C33H36Cl2N2O6/c1-17(21-6-8-23(34)24(35)14-21)31(40)36-25-10-11-33(43-19(3)39)27-15-22-7-9-26(41-18(2)38)29-28(22)32(33,30(25)42-29)12-13-37(27)16-20-4-5-20/h6-9,14,17,20,25,27,30H,4-5,10-13,15-16H2,1-3H3,(H,36,40)/t17?,25?,27-,30?,32+,33-/m1/s1. The molecule has 1 amide bonds. The van der Waals surface area contributed by atoms with E-state index in [4.69, 9.17) is 37.4 Å². The number of likely N-dealkylation sites (tertiary alicyclic amines) is 1. The van der Waals surface area contributed by atoms with Gasteiger partial charge in [-0.25, -0.2) is 0 Å². The van der Waals surface area contributed by atoms with Crippen LogP contribution < -0.4 is 14.8 Å². The summed E-state index contributed by atoms with van der Waals surface area (Å²) in [6.07, 6.45) is 4.52. The highest BCUT2D eigenvalue weighted by Crippen LogP contribution is 2.67. The first-order valence-electron chi connectivity index (χ1n) is 15.2. The Labute approximate surface area is 261 Å². The molecule has 3 fully saturated rings. The lowest BCUT2D eigenvalue weighted by atomic mass is 9.48. The molecule has 3 unspecified atom stereocenters. The Balaban J connectivity index is 1.31. The van der Waals surface area contributed by atoms with E-state index >= 15 is 0 Å². The molecule has 2 bridgehead atoms. The van der Waals surface area contributed by atoms with Gasteiger partial charge in [0.25, 0.3) is 0 Å². The molecule has 1 saturated heterocycles. The van der Waals surface area contributed by atoms with Crippen LogP contribution in [0.25, 0.3) is 0 Å². The molecule has 43 heavy (non-hydrogen) atoms. The fourth-order valence-electron chi connectivity index (χ4n) is 8.53. The molecule has 7 rings (SSSR count). The van der Waals surface area contributed by atoms with Crippen molar-refractivity contribution in [1.82, 2.24) is 10.2 Å². The molecule has 2 aliphatic heterocycles. The van der Waals surface area contributed by atoms with Gasteiger partial charge in [-0.3, -0.25) is 19.3 Å². The molecular formula is C33H36Cl2N2O6. The first kappa shape index (κ1) is 28.9.